The first-order valence-corrected chi connectivity index (χ1v) is 17.0. The van der Waals surface area contributed by atoms with Crippen molar-refractivity contribution in [1.29, 1.82) is 0 Å². The van der Waals surface area contributed by atoms with Gasteiger partial charge in [-0.15, -0.1) is 0 Å². The van der Waals surface area contributed by atoms with E-state index in [4.69, 9.17) is 0 Å². The number of carboxylic acid groups (broad SMARTS) is 1. The molecule has 5 rings (SSSR count). The number of carbonyl (C=O) groups excluding carboxylic acids is 2. The van der Waals surface area contributed by atoms with Crippen LogP contribution in [0.4, 0.5) is 14.5 Å². The third-order valence-electron chi connectivity index (χ3n) is 7.77. The van der Waals surface area contributed by atoms with Crippen molar-refractivity contribution in [2.45, 2.75) is 43.7 Å². The number of aromatic nitrogens is 3. The second-order valence-corrected chi connectivity index (χ2v) is 14.4. The number of fused-ring (bicyclic) bond motifs is 1. The third kappa shape index (κ3) is 7.88. The monoisotopic (exact) mass is 734 g/mol. The topological polar surface area (TPSA) is 199 Å². The average molecular weight is 735 g/mol. The van der Waals surface area contributed by atoms with E-state index in [2.05, 4.69) is 15.6 Å². The zero-order valence-electron chi connectivity index (χ0n) is 28.1. The molecule has 0 radical (unpaired) electrons. The molecule has 4 N–H and O–H groups in total. The minimum Gasteiger partial charge on any atom is -0.480 e. The van der Waals surface area contributed by atoms with Crippen LogP contribution < -0.4 is 26.6 Å². The lowest BCUT2D eigenvalue weighted by Crippen LogP contribution is -2.42. The average Bonchev–Trinajstić information content (AvgIpc) is 3.08. The molecule has 0 aliphatic heterocycles. The van der Waals surface area contributed by atoms with Gasteiger partial charge in [-0.05, 0) is 74.9 Å². The van der Waals surface area contributed by atoms with Gasteiger partial charge in [0.15, 0.2) is 0 Å². The van der Waals surface area contributed by atoms with Crippen LogP contribution in [0.25, 0.3) is 16.6 Å². The Bertz CT molecular complexity index is 2460. The Hall–Kier alpha value is -6.23. The summed E-state index contributed by atoms with van der Waals surface area (Å²) < 4.78 is 60.1. The molecule has 0 saturated heterocycles. The van der Waals surface area contributed by atoms with Gasteiger partial charge in [0, 0.05) is 36.8 Å². The number of sulfonamides is 1. The molecule has 17 heteroatoms. The molecule has 1 atom stereocenters. The van der Waals surface area contributed by atoms with Crippen LogP contribution in [0.3, 0.4) is 0 Å². The highest BCUT2D eigenvalue weighted by Gasteiger charge is 2.26. The summed E-state index contributed by atoms with van der Waals surface area (Å²) in [5, 5.41) is 14.9. The fraction of sp³-hybridized carbons (Fsp3) is 0.200. The summed E-state index contributed by atoms with van der Waals surface area (Å²) in [6, 6.07) is 11.1. The molecular formula is C35H32F2N6O8S. The molecule has 3 aromatic carbocycles. The number of carbonyl (C=O) groups is 3. The number of hydrogen-bond acceptors (Lipinski definition) is 8. The summed E-state index contributed by atoms with van der Waals surface area (Å²) in [7, 11) is -2.99. The van der Waals surface area contributed by atoms with E-state index in [1.165, 1.54) is 66.5 Å². The Morgan fingerprint density at radius 1 is 0.923 bits per heavy atom. The molecule has 0 saturated carbocycles. The standard InChI is InChI=1S/C35H32F2N6O8S/c1-35(2,3)40-30(44)20-7-11-22(12-8-20)52(50,51)41-27-17-25(36)24(16-26(27)37)31(45)39-28(33(47)48)15-19-5-9-21(10-6-19)43-32(46)23-13-14-38-18-29(23)42(4)34(43)49/h5-14,16-18,28,41H,15H2,1-4H3,(H,39,45)(H,40,44)(H,47,48)/t28-/m0/s1. The maximum atomic E-state index is 15.1. The first kappa shape index (κ1) is 37.0. The van der Waals surface area contributed by atoms with E-state index in [9.17, 15) is 37.5 Å². The molecule has 0 aliphatic rings. The highest BCUT2D eigenvalue weighted by atomic mass is 32.2. The maximum absolute atomic E-state index is 15.1. The van der Waals surface area contributed by atoms with Crippen LogP contribution in [0, 0.1) is 11.6 Å². The predicted molar refractivity (Wildman–Crippen MR) is 186 cm³/mol. The lowest BCUT2D eigenvalue weighted by molar-refractivity contribution is -0.139. The number of nitrogens with one attached hydrogen (secondary N) is 3. The van der Waals surface area contributed by atoms with E-state index < -0.39 is 73.5 Å². The summed E-state index contributed by atoms with van der Waals surface area (Å²) in [5.41, 5.74) is -2.44. The molecule has 270 valence electrons. The van der Waals surface area contributed by atoms with Crippen molar-refractivity contribution in [3.8, 4) is 5.69 Å². The van der Waals surface area contributed by atoms with E-state index >= 15 is 8.78 Å². The van der Waals surface area contributed by atoms with Crippen molar-refractivity contribution in [1.82, 2.24) is 24.8 Å². The number of anilines is 1. The van der Waals surface area contributed by atoms with Crippen LogP contribution in [0.15, 0.2) is 93.6 Å². The lowest BCUT2D eigenvalue weighted by Gasteiger charge is -2.20. The minimum absolute atomic E-state index is 0.168. The van der Waals surface area contributed by atoms with Gasteiger partial charge in [0.2, 0.25) is 0 Å². The van der Waals surface area contributed by atoms with Crippen LogP contribution in [-0.4, -0.2) is 57.0 Å². The first-order chi connectivity index (χ1) is 24.4. The van der Waals surface area contributed by atoms with E-state index in [0.717, 1.165) is 16.7 Å². The second kappa shape index (κ2) is 14.2. The smallest absolute Gasteiger partial charge is 0.335 e. The first-order valence-electron chi connectivity index (χ1n) is 15.5. The molecule has 14 nitrogen and oxygen atoms in total. The van der Waals surface area contributed by atoms with Gasteiger partial charge in [-0.3, -0.25) is 28.7 Å². The molecule has 5 aromatic rings. The molecule has 0 unspecified atom stereocenters. The van der Waals surface area contributed by atoms with Gasteiger partial charge in [0.1, 0.15) is 17.7 Å². The lowest BCUT2D eigenvalue weighted by atomic mass is 10.0. The molecule has 0 bridgehead atoms. The van der Waals surface area contributed by atoms with E-state index in [1.807, 2.05) is 4.72 Å². The van der Waals surface area contributed by atoms with Crippen molar-refractivity contribution in [2.75, 3.05) is 4.72 Å². The summed E-state index contributed by atoms with van der Waals surface area (Å²) >= 11 is 0. The van der Waals surface area contributed by atoms with Crippen LogP contribution in [0.5, 0.6) is 0 Å². The molecule has 0 fully saturated rings. The molecule has 2 aromatic heterocycles. The number of nitrogens with zero attached hydrogens (tertiary/aromatic N) is 3. The normalized spacial score (nSPS) is 12.3. The number of amides is 2. The van der Waals surface area contributed by atoms with Crippen molar-refractivity contribution in [2.24, 2.45) is 7.05 Å². The largest absolute Gasteiger partial charge is 0.480 e. The van der Waals surface area contributed by atoms with Crippen LogP contribution in [0.2, 0.25) is 0 Å². The van der Waals surface area contributed by atoms with Crippen molar-refractivity contribution in [3.05, 3.63) is 128 Å². The quantitative estimate of drug-likeness (QED) is 0.167. The highest BCUT2D eigenvalue weighted by molar-refractivity contribution is 7.92. The number of halogens is 2. The third-order valence-corrected chi connectivity index (χ3v) is 9.15. The van der Waals surface area contributed by atoms with Crippen LogP contribution >= 0.6 is 0 Å². The number of hydrogen-bond donors (Lipinski definition) is 4. The molecule has 52 heavy (non-hydrogen) atoms. The Balaban J connectivity index is 1.30. The zero-order chi connectivity index (χ0) is 38.1. The number of pyridine rings is 1. The number of rotatable bonds is 10. The van der Waals surface area contributed by atoms with E-state index in [-0.39, 0.29) is 28.0 Å². The molecule has 2 heterocycles. The highest BCUT2D eigenvalue weighted by Crippen LogP contribution is 2.24. The molecular weight excluding hydrogens is 702 g/mol. The Morgan fingerprint density at radius 3 is 2.19 bits per heavy atom. The Kier molecular flexibility index (Phi) is 10.1. The van der Waals surface area contributed by atoms with Crippen molar-refractivity contribution < 1.29 is 36.7 Å². The van der Waals surface area contributed by atoms with Crippen molar-refractivity contribution >= 4 is 44.4 Å². The maximum Gasteiger partial charge on any atom is 0.335 e. The number of benzene rings is 3. The van der Waals surface area contributed by atoms with Gasteiger partial charge in [-0.1, -0.05) is 12.1 Å². The van der Waals surface area contributed by atoms with Gasteiger partial charge >= 0.3 is 11.7 Å². The Labute approximate surface area is 294 Å². The molecule has 0 aliphatic carbocycles. The molecule has 0 spiro atoms. The van der Waals surface area contributed by atoms with E-state index in [1.54, 1.807) is 20.8 Å². The van der Waals surface area contributed by atoms with Crippen LogP contribution in [0.1, 0.15) is 47.1 Å². The summed E-state index contributed by atoms with van der Waals surface area (Å²) in [6.07, 6.45) is 2.48. The van der Waals surface area contributed by atoms with E-state index in [0.29, 0.717) is 23.2 Å². The molecule has 2 amide bonds. The van der Waals surface area contributed by atoms with Gasteiger partial charge in [0.25, 0.3) is 27.4 Å². The summed E-state index contributed by atoms with van der Waals surface area (Å²) in [6.45, 7) is 5.31. The second-order valence-electron chi connectivity index (χ2n) is 12.8. The van der Waals surface area contributed by atoms with Gasteiger partial charge < -0.3 is 15.7 Å². The fourth-order valence-corrected chi connectivity index (χ4v) is 6.23. The number of aliphatic carboxylic acids is 1. The Morgan fingerprint density at radius 2 is 1.58 bits per heavy atom. The van der Waals surface area contributed by atoms with Gasteiger partial charge in [0.05, 0.1) is 38.9 Å². The zero-order valence-corrected chi connectivity index (χ0v) is 28.9. The summed E-state index contributed by atoms with van der Waals surface area (Å²) in [4.78, 5) is 66.9. The van der Waals surface area contributed by atoms with Crippen LogP contribution in [-0.2, 0) is 28.3 Å². The van der Waals surface area contributed by atoms with Gasteiger partial charge in [-0.2, -0.15) is 0 Å². The number of aryl methyl sites for hydroxylation is 1. The predicted octanol–water partition coefficient (Wildman–Crippen LogP) is 3.12. The summed E-state index contributed by atoms with van der Waals surface area (Å²) in [5.74, 6) is -5.92. The van der Waals surface area contributed by atoms with Crippen molar-refractivity contribution in [3.63, 3.8) is 0 Å². The SMILES string of the molecule is Cn1c(=O)n(-c2ccc(C[C@H](NC(=O)c3cc(F)c(NS(=O)(=O)c4ccc(C(=O)NC(C)(C)C)cc4)cc3F)C(=O)O)cc2)c(=O)c2ccncc21. The number of carboxylic acids is 1. The van der Waals surface area contributed by atoms with Gasteiger partial charge in [-0.25, -0.2) is 31.4 Å². The fourth-order valence-electron chi connectivity index (χ4n) is 5.18. The minimum atomic E-state index is -4.47.